The second kappa shape index (κ2) is 9.52. The van der Waals surface area contributed by atoms with E-state index in [0.29, 0.717) is 0 Å². The van der Waals surface area contributed by atoms with Crippen molar-refractivity contribution in [2.75, 3.05) is 0 Å². The monoisotopic (exact) mass is 386 g/mol. The van der Waals surface area contributed by atoms with E-state index in [1.54, 1.807) is 0 Å². The molecule has 0 bridgehead atoms. The first-order chi connectivity index (χ1) is 9.72. The van der Waals surface area contributed by atoms with Crippen LogP contribution in [-0.4, -0.2) is 0 Å². The number of rotatable bonds is 0. The maximum Gasteiger partial charge on any atom is 4.00 e. The van der Waals surface area contributed by atoms with Crippen molar-refractivity contribution < 1.29 is 35.6 Å². The molecule has 0 aliphatic heterocycles. The van der Waals surface area contributed by atoms with Gasteiger partial charge in [0.1, 0.15) is 0 Å². The molecular weight excluding hydrogens is 369 g/mol. The van der Waals surface area contributed by atoms with Gasteiger partial charge < -0.3 is 9.41 Å². The molecule has 0 spiro atoms. The second-order valence-corrected chi connectivity index (χ2v) is 5.32. The van der Waals surface area contributed by atoms with Crippen molar-refractivity contribution in [1.82, 2.24) is 0 Å². The summed E-state index contributed by atoms with van der Waals surface area (Å²) in [7, 11) is 0. The number of fused-ring (bicyclic) bond motifs is 2. The third-order valence-electron chi connectivity index (χ3n) is 3.52. The second-order valence-electron chi connectivity index (χ2n) is 5.32. The fourth-order valence-electron chi connectivity index (χ4n) is 2.61. The number of hydrogen-bond donors (Lipinski definition) is 0. The molecule has 3 heteroatoms. The van der Waals surface area contributed by atoms with Gasteiger partial charge >= 0.3 is 26.2 Å². The van der Waals surface area contributed by atoms with Crippen LogP contribution in [0.25, 0.3) is 21.5 Å². The number of halogens is 2. The van der Waals surface area contributed by atoms with Crippen LogP contribution in [0, 0.1) is 13.8 Å². The first-order valence-electron chi connectivity index (χ1n) is 6.96. The van der Waals surface area contributed by atoms with E-state index in [4.69, 9.17) is 0 Å². The molecule has 0 heterocycles. The van der Waals surface area contributed by atoms with Gasteiger partial charge in [0.2, 0.25) is 0 Å². The molecule has 4 rings (SSSR count). The van der Waals surface area contributed by atoms with Gasteiger partial charge in [-0.25, -0.2) is 0 Å². The van der Waals surface area contributed by atoms with Crippen LogP contribution in [0.3, 0.4) is 0 Å². The molecule has 0 aliphatic carbocycles. The summed E-state index contributed by atoms with van der Waals surface area (Å²) in [4.78, 5) is 0. The van der Waals surface area contributed by atoms with Gasteiger partial charge in [-0.3, -0.25) is 0 Å². The van der Waals surface area contributed by atoms with Crippen LogP contribution in [0.5, 0.6) is 0 Å². The molecule has 0 aromatic heterocycles. The van der Waals surface area contributed by atoms with E-state index in [0.717, 1.165) is 0 Å². The Morgan fingerprint density at radius 1 is 0.609 bits per heavy atom. The predicted molar refractivity (Wildman–Crippen MR) is 88.6 cm³/mol. The molecule has 0 saturated heterocycles. The summed E-state index contributed by atoms with van der Waals surface area (Å²) in [5.41, 5.74) is 2.70. The number of hydrogen-bond acceptors (Lipinski definition) is 0. The molecule has 23 heavy (non-hydrogen) atoms. The Morgan fingerprint density at radius 2 is 0.957 bits per heavy atom. The molecule has 4 aromatic rings. The molecule has 116 valence electrons. The molecule has 0 nitrogen and oxygen atoms in total. The van der Waals surface area contributed by atoms with E-state index in [9.17, 15) is 0 Å². The molecule has 0 aliphatic rings. The van der Waals surface area contributed by atoms with Gasteiger partial charge in [-0.1, -0.05) is 26.0 Å². The average molecular weight is 388 g/mol. The third-order valence-corrected chi connectivity index (χ3v) is 3.52. The van der Waals surface area contributed by atoms with E-state index in [1.165, 1.54) is 32.7 Å². The Labute approximate surface area is 154 Å². The molecule has 0 unspecified atom stereocenters. The van der Waals surface area contributed by atoms with Crippen molar-refractivity contribution in [3.05, 3.63) is 83.9 Å². The first-order valence-corrected chi connectivity index (χ1v) is 6.96. The third kappa shape index (κ3) is 5.21. The van der Waals surface area contributed by atoms with Crippen molar-refractivity contribution in [3.63, 3.8) is 0 Å². The molecular formula is C20H18F2Zr. The normalized spacial score (nSPS) is 9.13. The smallest absolute Gasteiger partial charge is 1.00 e. The van der Waals surface area contributed by atoms with Crippen LogP contribution in [0.4, 0.5) is 0 Å². The maximum atomic E-state index is 2.20. The van der Waals surface area contributed by atoms with Gasteiger partial charge in [0.05, 0.1) is 0 Å². The van der Waals surface area contributed by atoms with Crippen LogP contribution < -0.4 is 9.41 Å². The van der Waals surface area contributed by atoms with Crippen LogP contribution in [0.2, 0.25) is 0 Å². The van der Waals surface area contributed by atoms with Crippen molar-refractivity contribution in [2.24, 2.45) is 0 Å². The minimum absolute atomic E-state index is 0. The standard InChI is InChI=1S/2C10H9.2FH.Zr/c2*1-8-6-9-4-2-3-5-10(9)7-8;;;/h2*2-7H,1H3;2*1H;/q2*-1;;;+4/p-2. The number of aryl methyl sites for hydroxylation is 2. The zero-order valence-corrected chi connectivity index (χ0v) is 15.6. The van der Waals surface area contributed by atoms with Crippen molar-refractivity contribution in [1.29, 1.82) is 0 Å². The molecule has 0 saturated carbocycles. The van der Waals surface area contributed by atoms with Crippen molar-refractivity contribution >= 4 is 21.5 Å². The summed E-state index contributed by atoms with van der Waals surface area (Å²) in [5, 5.41) is 5.39. The average Bonchev–Trinajstić information content (AvgIpc) is 2.99. The topological polar surface area (TPSA) is 0 Å². The van der Waals surface area contributed by atoms with Crippen LogP contribution in [0.1, 0.15) is 11.1 Å². The van der Waals surface area contributed by atoms with E-state index < -0.39 is 0 Å². The SMILES string of the molecule is Cc1cc2ccccc2[cH-]1.Cc1cc2ccccc2[cH-]1.[F-].[F-].[Zr+4]. The van der Waals surface area contributed by atoms with Crippen LogP contribution in [-0.2, 0) is 26.2 Å². The Kier molecular flexibility index (Phi) is 8.86. The Morgan fingerprint density at radius 3 is 1.30 bits per heavy atom. The quantitative estimate of drug-likeness (QED) is 0.365. The zero-order valence-electron chi connectivity index (χ0n) is 13.2. The number of benzene rings is 2. The fourth-order valence-corrected chi connectivity index (χ4v) is 2.61. The van der Waals surface area contributed by atoms with Gasteiger partial charge in [0.25, 0.3) is 0 Å². The summed E-state index contributed by atoms with van der Waals surface area (Å²) in [6, 6.07) is 25.7. The van der Waals surface area contributed by atoms with Crippen LogP contribution >= 0.6 is 0 Å². The Bertz CT molecular complexity index is 705. The van der Waals surface area contributed by atoms with Gasteiger partial charge in [0.15, 0.2) is 0 Å². The first kappa shape index (κ1) is 21.4. The van der Waals surface area contributed by atoms with Gasteiger partial charge in [-0.05, 0) is 0 Å². The molecule has 4 aromatic carbocycles. The Hall–Kier alpha value is -1.60. The van der Waals surface area contributed by atoms with Crippen molar-refractivity contribution in [2.45, 2.75) is 13.8 Å². The van der Waals surface area contributed by atoms with E-state index in [2.05, 4.69) is 86.6 Å². The van der Waals surface area contributed by atoms with Gasteiger partial charge in [0, 0.05) is 0 Å². The summed E-state index contributed by atoms with van der Waals surface area (Å²) in [6.07, 6.45) is 0. The molecule has 0 atom stereocenters. The fraction of sp³-hybridized carbons (Fsp3) is 0.100. The minimum atomic E-state index is 0. The van der Waals surface area contributed by atoms with E-state index in [1.807, 2.05) is 0 Å². The van der Waals surface area contributed by atoms with E-state index in [-0.39, 0.29) is 35.6 Å². The van der Waals surface area contributed by atoms with Crippen LogP contribution in [0.15, 0.2) is 72.8 Å². The molecule has 0 N–H and O–H groups in total. The van der Waals surface area contributed by atoms with Gasteiger partial charge in [-0.15, -0.1) is 81.2 Å². The largest absolute Gasteiger partial charge is 4.00 e. The minimum Gasteiger partial charge on any atom is -1.00 e. The summed E-state index contributed by atoms with van der Waals surface area (Å²) >= 11 is 0. The molecule has 0 fully saturated rings. The predicted octanol–water partition coefficient (Wildman–Crippen LogP) is -0.260. The summed E-state index contributed by atoms with van der Waals surface area (Å²) in [5.74, 6) is 0. The summed E-state index contributed by atoms with van der Waals surface area (Å²) < 4.78 is 0. The Balaban J connectivity index is 0.000000372. The molecule has 0 radical (unpaired) electrons. The molecule has 0 amide bonds. The summed E-state index contributed by atoms with van der Waals surface area (Å²) in [6.45, 7) is 4.25. The van der Waals surface area contributed by atoms with Crippen molar-refractivity contribution in [3.8, 4) is 0 Å². The zero-order chi connectivity index (χ0) is 13.9. The van der Waals surface area contributed by atoms with Gasteiger partial charge in [-0.2, -0.15) is 12.1 Å². The van der Waals surface area contributed by atoms with E-state index >= 15 is 0 Å². The maximum absolute atomic E-state index is 2.20.